The minimum absolute atomic E-state index is 0.118. The molecule has 1 amide bonds. The molecule has 0 N–H and O–H groups in total. The number of methoxy groups -OCH3 is 3. The maximum atomic E-state index is 13.6. The quantitative estimate of drug-likeness (QED) is 0.497. The highest BCUT2D eigenvalue weighted by Crippen LogP contribution is 2.51. The summed E-state index contributed by atoms with van der Waals surface area (Å²) in [4.78, 5) is 40.5. The number of hydrogen-bond acceptors (Lipinski definition) is 6. The summed E-state index contributed by atoms with van der Waals surface area (Å²) < 4.78 is 15.2. The van der Waals surface area contributed by atoms with Crippen LogP contribution in [-0.2, 0) is 23.9 Å². The number of esters is 2. The number of benzene rings is 2. The van der Waals surface area contributed by atoms with Crippen LogP contribution in [-0.4, -0.2) is 39.2 Å². The average Bonchev–Trinajstić information content (AvgIpc) is 2.86. The molecule has 2 aliphatic rings. The number of amides is 1. The van der Waals surface area contributed by atoms with Gasteiger partial charge in [0, 0.05) is 11.6 Å². The summed E-state index contributed by atoms with van der Waals surface area (Å²) >= 11 is 0. The Bertz CT molecular complexity index is 1120. The van der Waals surface area contributed by atoms with Crippen molar-refractivity contribution in [1.29, 1.82) is 0 Å². The molecule has 1 aliphatic carbocycles. The van der Waals surface area contributed by atoms with Gasteiger partial charge < -0.3 is 19.1 Å². The number of rotatable bonds is 6. The molecule has 1 unspecified atom stereocenters. The number of para-hydroxylation sites is 1. The fourth-order valence-electron chi connectivity index (χ4n) is 4.66. The standard InChI is InChI=1S/C26H25NO6/c1-31-18-14-12-16(13-15-18)23-22(24(28)27(23)17-8-5-4-6-9-17)19-10-7-11-20(25(29)32-2)21(19)26(30)33-3/h4-9,11-15,19,22-23H,10H2,1-3H3/t19?,22-,23-/m0/s1. The highest BCUT2D eigenvalue weighted by atomic mass is 16.5. The molecule has 4 rings (SSSR count). The van der Waals surface area contributed by atoms with Crippen molar-refractivity contribution < 1.29 is 28.6 Å². The molecule has 7 heteroatoms. The molecular weight excluding hydrogens is 422 g/mol. The Morgan fingerprint density at radius 2 is 1.58 bits per heavy atom. The van der Waals surface area contributed by atoms with Gasteiger partial charge in [-0.15, -0.1) is 0 Å². The summed E-state index contributed by atoms with van der Waals surface area (Å²) in [6.45, 7) is 0. The van der Waals surface area contributed by atoms with E-state index in [1.54, 1.807) is 24.2 Å². The monoisotopic (exact) mass is 447 g/mol. The predicted octanol–water partition coefficient (Wildman–Crippen LogP) is 3.62. The number of anilines is 1. The lowest BCUT2D eigenvalue weighted by Gasteiger charge is -2.51. The summed E-state index contributed by atoms with van der Waals surface area (Å²) in [5.41, 5.74) is 1.97. The number of nitrogens with zero attached hydrogens (tertiary/aromatic N) is 1. The van der Waals surface area contributed by atoms with E-state index in [0.29, 0.717) is 12.2 Å². The Labute approximate surface area is 192 Å². The first-order valence-corrected chi connectivity index (χ1v) is 10.6. The lowest BCUT2D eigenvalue weighted by Crippen LogP contribution is -2.58. The summed E-state index contributed by atoms with van der Waals surface area (Å²) in [7, 11) is 4.12. The minimum Gasteiger partial charge on any atom is -0.497 e. The fourth-order valence-corrected chi connectivity index (χ4v) is 4.66. The maximum Gasteiger partial charge on any atom is 0.338 e. The van der Waals surface area contributed by atoms with Crippen molar-refractivity contribution in [2.75, 3.05) is 26.2 Å². The number of allylic oxidation sites excluding steroid dienone is 1. The van der Waals surface area contributed by atoms with Crippen LogP contribution in [0.3, 0.4) is 0 Å². The third-order valence-electron chi connectivity index (χ3n) is 6.21. The van der Waals surface area contributed by atoms with E-state index in [1.807, 2.05) is 54.6 Å². The maximum absolute atomic E-state index is 13.6. The second kappa shape index (κ2) is 9.32. The average molecular weight is 447 g/mol. The van der Waals surface area contributed by atoms with Gasteiger partial charge in [-0.1, -0.05) is 42.5 Å². The van der Waals surface area contributed by atoms with E-state index in [1.165, 1.54) is 14.2 Å². The zero-order chi connectivity index (χ0) is 23.5. The van der Waals surface area contributed by atoms with Gasteiger partial charge in [-0.25, -0.2) is 9.59 Å². The van der Waals surface area contributed by atoms with Gasteiger partial charge in [0.15, 0.2) is 0 Å². The largest absolute Gasteiger partial charge is 0.497 e. The lowest BCUT2D eigenvalue weighted by molar-refractivity contribution is -0.141. The van der Waals surface area contributed by atoms with Crippen LogP contribution < -0.4 is 9.64 Å². The van der Waals surface area contributed by atoms with Crippen molar-refractivity contribution in [3.63, 3.8) is 0 Å². The first-order valence-electron chi connectivity index (χ1n) is 10.6. The van der Waals surface area contributed by atoms with Crippen molar-refractivity contribution in [3.8, 4) is 5.75 Å². The summed E-state index contributed by atoms with van der Waals surface area (Å²) in [5.74, 6) is -1.77. The van der Waals surface area contributed by atoms with Gasteiger partial charge in [0.25, 0.3) is 0 Å². The molecule has 1 fully saturated rings. The molecule has 0 radical (unpaired) electrons. The molecule has 0 aromatic heterocycles. The van der Waals surface area contributed by atoms with E-state index >= 15 is 0 Å². The molecule has 0 saturated carbocycles. The van der Waals surface area contributed by atoms with Gasteiger partial charge in [0.1, 0.15) is 5.75 Å². The van der Waals surface area contributed by atoms with Gasteiger partial charge in [0.05, 0.1) is 44.4 Å². The van der Waals surface area contributed by atoms with E-state index in [2.05, 4.69) is 0 Å². The van der Waals surface area contributed by atoms with Crippen molar-refractivity contribution in [2.24, 2.45) is 11.8 Å². The zero-order valence-electron chi connectivity index (χ0n) is 18.7. The highest BCUT2D eigenvalue weighted by Gasteiger charge is 2.54. The molecule has 1 heterocycles. The SMILES string of the molecule is COC(=O)C1=C(C(=O)OC)C([C@@H]2C(=O)N(c3ccccc3)[C@H]2c2ccc(OC)cc2)CC=C1. The molecule has 2 aromatic rings. The molecule has 0 spiro atoms. The zero-order valence-corrected chi connectivity index (χ0v) is 18.7. The van der Waals surface area contributed by atoms with Crippen LogP contribution in [0.4, 0.5) is 5.69 Å². The van der Waals surface area contributed by atoms with Crippen LogP contribution in [0.15, 0.2) is 77.9 Å². The van der Waals surface area contributed by atoms with Crippen molar-refractivity contribution in [1.82, 2.24) is 0 Å². The van der Waals surface area contributed by atoms with Crippen LogP contribution in [0.25, 0.3) is 0 Å². The Morgan fingerprint density at radius 3 is 2.18 bits per heavy atom. The summed E-state index contributed by atoms with van der Waals surface area (Å²) in [6.07, 6.45) is 3.79. The second-order valence-corrected chi connectivity index (χ2v) is 7.84. The van der Waals surface area contributed by atoms with Gasteiger partial charge in [-0.2, -0.15) is 0 Å². The first-order chi connectivity index (χ1) is 16.0. The van der Waals surface area contributed by atoms with Crippen molar-refractivity contribution in [3.05, 3.63) is 83.5 Å². The molecular formula is C26H25NO6. The number of hydrogen-bond donors (Lipinski definition) is 0. The summed E-state index contributed by atoms with van der Waals surface area (Å²) in [6, 6.07) is 16.6. The van der Waals surface area contributed by atoms with E-state index in [9.17, 15) is 14.4 Å². The molecule has 0 bridgehead atoms. The first kappa shape index (κ1) is 22.3. The van der Waals surface area contributed by atoms with E-state index in [-0.39, 0.29) is 23.1 Å². The number of ether oxygens (including phenoxy) is 3. The third kappa shape index (κ3) is 3.91. The van der Waals surface area contributed by atoms with Gasteiger partial charge in [-0.3, -0.25) is 4.79 Å². The molecule has 2 aromatic carbocycles. The number of carbonyl (C=O) groups excluding carboxylic acids is 3. The molecule has 1 aliphatic heterocycles. The van der Waals surface area contributed by atoms with Gasteiger partial charge >= 0.3 is 11.9 Å². The number of β-lactam (4-membered cyclic amide) rings is 1. The lowest BCUT2D eigenvalue weighted by atomic mass is 9.68. The fraction of sp³-hybridized carbons (Fsp3) is 0.269. The predicted molar refractivity (Wildman–Crippen MR) is 121 cm³/mol. The van der Waals surface area contributed by atoms with E-state index in [0.717, 1.165) is 11.3 Å². The Morgan fingerprint density at radius 1 is 0.909 bits per heavy atom. The number of carbonyl (C=O) groups is 3. The van der Waals surface area contributed by atoms with Gasteiger partial charge in [-0.05, 0) is 36.2 Å². The van der Waals surface area contributed by atoms with Crippen LogP contribution in [0.5, 0.6) is 5.75 Å². The normalized spacial score (nSPS) is 22.0. The van der Waals surface area contributed by atoms with E-state index in [4.69, 9.17) is 14.2 Å². The topological polar surface area (TPSA) is 82.1 Å². The molecule has 7 nitrogen and oxygen atoms in total. The van der Waals surface area contributed by atoms with Crippen molar-refractivity contribution >= 4 is 23.5 Å². The van der Waals surface area contributed by atoms with Crippen LogP contribution in [0.1, 0.15) is 18.0 Å². The third-order valence-corrected chi connectivity index (χ3v) is 6.21. The second-order valence-electron chi connectivity index (χ2n) is 7.84. The highest BCUT2D eigenvalue weighted by molar-refractivity contribution is 6.07. The van der Waals surface area contributed by atoms with Crippen LogP contribution >= 0.6 is 0 Å². The molecule has 3 atom stereocenters. The van der Waals surface area contributed by atoms with Crippen molar-refractivity contribution in [2.45, 2.75) is 12.5 Å². The Hall–Kier alpha value is -3.87. The minimum atomic E-state index is -0.635. The van der Waals surface area contributed by atoms with Crippen LogP contribution in [0, 0.1) is 11.8 Å². The Balaban J connectivity index is 1.81. The summed E-state index contributed by atoms with van der Waals surface area (Å²) in [5, 5.41) is 0. The van der Waals surface area contributed by atoms with Crippen LogP contribution in [0.2, 0.25) is 0 Å². The van der Waals surface area contributed by atoms with E-state index < -0.39 is 23.8 Å². The molecule has 33 heavy (non-hydrogen) atoms. The molecule has 170 valence electrons. The smallest absolute Gasteiger partial charge is 0.338 e. The Kier molecular flexibility index (Phi) is 6.31. The van der Waals surface area contributed by atoms with Gasteiger partial charge in [0.2, 0.25) is 5.91 Å². The molecule has 1 saturated heterocycles.